The van der Waals surface area contributed by atoms with E-state index in [2.05, 4.69) is 15.2 Å². The summed E-state index contributed by atoms with van der Waals surface area (Å²) in [6.07, 6.45) is 0.642. The molecule has 1 aromatic heterocycles. The van der Waals surface area contributed by atoms with E-state index in [0.29, 0.717) is 31.3 Å². The third-order valence-electron chi connectivity index (χ3n) is 2.31. The molecule has 2 N–H and O–H groups in total. The van der Waals surface area contributed by atoms with Gasteiger partial charge in [-0.1, -0.05) is 30.3 Å². The smallest absolute Gasteiger partial charge is 0.153 e. The number of hydrogen-bond donors (Lipinski definition) is 2. The average Bonchev–Trinajstić information content (AvgIpc) is 2.84. The van der Waals surface area contributed by atoms with E-state index in [0.717, 1.165) is 5.56 Å². The first-order valence-electron chi connectivity index (χ1n) is 5.51. The molecule has 0 saturated carbocycles. The number of nitrogens with zero attached hydrogens (tertiary/aromatic N) is 2. The lowest BCUT2D eigenvalue weighted by Crippen LogP contribution is -2.00. The van der Waals surface area contributed by atoms with Gasteiger partial charge in [0.1, 0.15) is 12.4 Å². The maximum Gasteiger partial charge on any atom is 0.153 e. The van der Waals surface area contributed by atoms with E-state index in [-0.39, 0.29) is 6.61 Å². The van der Waals surface area contributed by atoms with Gasteiger partial charge in [-0.25, -0.2) is 4.98 Å². The summed E-state index contributed by atoms with van der Waals surface area (Å²) in [6, 6.07) is 10.0. The molecule has 0 aliphatic rings. The van der Waals surface area contributed by atoms with Crippen LogP contribution in [-0.2, 0) is 24.4 Å². The van der Waals surface area contributed by atoms with Crippen LogP contribution in [0.4, 0.5) is 0 Å². The summed E-state index contributed by atoms with van der Waals surface area (Å²) < 4.78 is 5.51. The second-order valence-electron chi connectivity index (χ2n) is 3.64. The Morgan fingerprint density at radius 1 is 1.24 bits per heavy atom. The van der Waals surface area contributed by atoms with Gasteiger partial charge in [0.05, 0.1) is 13.2 Å². The van der Waals surface area contributed by atoms with Crippen LogP contribution in [0, 0.1) is 0 Å². The van der Waals surface area contributed by atoms with Crippen LogP contribution in [0.5, 0.6) is 0 Å². The number of hydrogen-bond acceptors (Lipinski definition) is 4. The summed E-state index contributed by atoms with van der Waals surface area (Å²) in [7, 11) is 0. The number of ether oxygens (including phenoxy) is 1. The van der Waals surface area contributed by atoms with Crippen molar-refractivity contribution >= 4 is 0 Å². The zero-order valence-corrected chi connectivity index (χ0v) is 9.47. The van der Waals surface area contributed by atoms with E-state index in [4.69, 9.17) is 9.84 Å². The first kappa shape index (κ1) is 11.8. The lowest BCUT2D eigenvalue weighted by atomic mass is 10.2. The number of nitrogens with one attached hydrogen (secondary N) is 1. The first-order chi connectivity index (χ1) is 8.38. The van der Waals surface area contributed by atoms with E-state index in [1.165, 1.54) is 0 Å². The summed E-state index contributed by atoms with van der Waals surface area (Å²) in [5, 5.41) is 15.4. The molecule has 1 heterocycles. The van der Waals surface area contributed by atoms with Gasteiger partial charge in [-0.05, 0) is 5.56 Å². The second kappa shape index (κ2) is 6.12. The number of H-pyrrole nitrogens is 1. The fraction of sp³-hybridized carbons (Fsp3) is 0.333. The van der Waals surface area contributed by atoms with Gasteiger partial charge in [0.15, 0.2) is 5.82 Å². The van der Waals surface area contributed by atoms with Crippen molar-refractivity contribution in [3.05, 3.63) is 47.5 Å². The largest absolute Gasteiger partial charge is 0.388 e. The molecule has 5 nitrogen and oxygen atoms in total. The minimum atomic E-state index is -0.113. The summed E-state index contributed by atoms with van der Waals surface area (Å²) in [5.74, 6) is 1.16. The molecule has 0 aliphatic heterocycles. The van der Waals surface area contributed by atoms with Crippen LogP contribution in [0.25, 0.3) is 0 Å². The van der Waals surface area contributed by atoms with Crippen LogP contribution in [0.15, 0.2) is 30.3 Å². The van der Waals surface area contributed by atoms with Crippen LogP contribution in [0.3, 0.4) is 0 Å². The van der Waals surface area contributed by atoms with Crippen LogP contribution in [0.2, 0.25) is 0 Å². The Kier molecular flexibility index (Phi) is 4.23. The molecule has 0 unspecified atom stereocenters. The van der Waals surface area contributed by atoms with Gasteiger partial charge in [0.2, 0.25) is 0 Å². The molecule has 90 valence electrons. The van der Waals surface area contributed by atoms with E-state index in [9.17, 15) is 0 Å². The third-order valence-corrected chi connectivity index (χ3v) is 2.31. The monoisotopic (exact) mass is 233 g/mol. The Labute approximate surface area is 99.5 Å². The molecular formula is C12H15N3O2. The van der Waals surface area contributed by atoms with Crippen LogP contribution < -0.4 is 0 Å². The predicted octanol–water partition coefficient (Wildman–Crippen LogP) is 1.06. The second-order valence-corrected chi connectivity index (χ2v) is 3.64. The van der Waals surface area contributed by atoms with Gasteiger partial charge in [-0.2, -0.15) is 5.10 Å². The van der Waals surface area contributed by atoms with Gasteiger partial charge in [0.25, 0.3) is 0 Å². The maximum absolute atomic E-state index is 8.81. The van der Waals surface area contributed by atoms with Gasteiger partial charge in [-0.15, -0.1) is 0 Å². The normalized spacial score (nSPS) is 10.6. The van der Waals surface area contributed by atoms with Crippen molar-refractivity contribution in [1.29, 1.82) is 0 Å². The Balaban J connectivity index is 1.69. The van der Waals surface area contributed by atoms with E-state index >= 15 is 0 Å². The van der Waals surface area contributed by atoms with E-state index < -0.39 is 0 Å². The average molecular weight is 233 g/mol. The molecule has 2 aromatic rings. The number of benzene rings is 1. The highest BCUT2D eigenvalue weighted by molar-refractivity contribution is 5.13. The highest BCUT2D eigenvalue weighted by Gasteiger charge is 2.01. The minimum Gasteiger partial charge on any atom is -0.388 e. The SMILES string of the molecule is OCc1nc(CCOCc2ccccc2)n[nH]1. The molecule has 0 spiro atoms. The summed E-state index contributed by atoms with van der Waals surface area (Å²) in [6.45, 7) is 1.05. The van der Waals surface area contributed by atoms with Crippen molar-refractivity contribution in [3.63, 3.8) is 0 Å². The Bertz CT molecular complexity index is 442. The highest BCUT2D eigenvalue weighted by Crippen LogP contribution is 2.01. The molecule has 0 saturated heterocycles. The van der Waals surface area contributed by atoms with E-state index in [1.54, 1.807) is 0 Å². The molecule has 0 amide bonds. The Morgan fingerprint density at radius 3 is 2.76 bits per heavy atom. The third kappa shape index (κ3) is 3.65. The van der Waals surface area contributed by atoms with Crippen LogP contribution >= 0.6 is 0 Å². The fourth-order valence-electron chi connectivity index (χ4n) is 1.45. The quantitative estimate of drug-likeness (QED) is 0.732. The highest BCUT2D eigenvalue weighted by atomic mass is 16.5. The molecular weight excluding hydrogens is 218 g/mol. The predicted molar refractivity (Wildman–Crippen MR) is 62.1 cm³/mol. The van der Waals surface area contributed by atoms with Crippen molar-refractivity contribution in [1.82, 2.24) is 15.2 Å². The van der Waals surface area contributed by atoms with Crippen LogP contribution in [0.1, 0.15) is 17.2 Å². The Morgan fingerprint density at radius 2 is 2.06 bits per heavy atom. The Hall–Kier alpha value is -1.72. The topological polar surface area (TPSA) is 71.0 Å². The van der Waals surface area contributed by atoms with Crippen molar-refractivity contribution in [3.8, 4) is 0 Å². The number of aromatic nitrogens is 3. The first-order valence-corrected chi connectivity index (χ1v) is 5.51. The summed E-state index contributed by atoms with van der Waals surface area (Å²) >= 11 is 0. The van der Waals surface area contributed by atoms with Crippen molar-refractivity contribution in [2.75, 3.05) is 6.61 Å². The standard InChI is InChI=1S/C12H15N3O2/c16-8-12-13-11(14-15-12)6-7-17-9-10-4-2-1-3-5-10/h1-5,16H,6-9H2,(H,13,14,15). The van der Waals surface area contributed by atoms with Gasteiger partial charge < -0.3 is 9.84 Å². The van der Waals surface area contributed by atoms with Crippen molar-refractivity contribution in [2.24, 2.45) is 0 Å². The number of aromatic amines is 1. The van der Waals surface area contributed by atoms with Crippen LogP contribution in [-0.4, -0.2) is 26.9 Å². The molecule has 17 heavy (non-hydrogen) atoms. The van der Waals surface area contributed by atoms with Gasteiger partial charge >= 0.3 is 0 Å². The summed E-state index contributed by atoms with van der Waals surface area (Å²) in [5.41, 5.74) is 1.15. The molecule has 0 atom stereocenters. The number of rotatable bonds is 6. The van der Waals surface area contributed by atoms with Crippen molar-refractivity contribution < 1.29 is 9.84 Å². The number of aliphatic hydroxyl groups is 1. The molecule has 0 radical (unpaired) electrons. The minimum absolute atomic E-state index is 0.113. The molecule has 0 bridgehead atoms. The molecule has 2 rings (SSSR count). The molecule has 5 heteroatoms. The summed E-state index contributed by atoms with van der Waals surface area (Å²) in [4.78, 5) is 4.08. The lowest BCUT2D eigenvalue weighted by Gasteiger charge is -2.02. The molecule has 1 aromatic carbocycles. The van der Waals surface area contributed by atoms with Gasteiger partial charge in [-0.3, -0.25) is 5.10 Å². The van der Waals surface area contributed by atoms with E-state index in [1.807, 2.05) is 30.3 Å². The van der Waals surface area contributed by atoms with Crippen molar-refractivity contribution in [2.45, 2.75) is 19.6 Å². The molecule has 0 fully saturated rings. The maximum atomic E-state index is 8.81. The number of aliphatic hydroxyl groups excluding tert-OH is 1. The zero-order chi connectivity index (χ0) is 11.9. The zero-order valence-electron chi connectivity index (χ0n) is 9.47. The fourth-order valence-corrected chi connectivity index (χ4v) is 1.45. The lowest BCUT2D eigenvalue weighted by molar-refractivity contribution is 0.122. The van der Waals surface area contributed by atoms with Gasteiger partial charge in [0, 0.05) is 6.42 Å². The molecule has 0 aliphatic carbocycles.